The van der Waals surface area contributed by atoms with Gasteiger partial charge in [0.2, 0.25) is 0 Å². The second kappa shape index (κ2) is 7.23. The van der Waals surface area contributed by atoms with Crippen LogP contribution in [0, 0.1) is 24.2 Å². The summed E-state index contributed by atoms with van der Waals surface area (Å²) in [5.41, 5.74) is 0.271. The van der Waals surface area contributed by atoms with E-state index in [0.29, 0.717) is 29.8 Å². The Balaban J connectivity index is 1.93. The quantitative estimate of drug-likeness (QED) is 0.484. The van der Waals surface area contributed by atoms with Crippen molar-refractivity contribution in [3.63, 3.8) is 0 Å². The van der Waals surface area contributed by atoms with E-state index in [1.54, 1.807) is 13.0 Å². The SMILES string of the molecule is COCOC[C@H]1CCC[C@]12NC(=O)N(c1ccc(C#N)c(Cl)c1C)C2=O. The smallest absolute Gasteiger partial charge is 0.329 e. The number of nitriles is 1. The van der Waals surface area contributed by atoms with Gasteiger partial charge in [-0.25, -0.2) is 9.69 Å². The Morgan fingerprint density at radius 1 is 1.46 bits per heavy atom. The monoisotopic (exact) mass is 377 g/mol. The van der Waals surface area contributed by atoms with Crippen molar-refractivity contribution >= 4 is 29.2 Å². The highest BCUT2D eigenvalue weighted by Crippen LogP contribution is 2.43. The maximum Gasteiger partial charge on any atom is 0.329 e. The average Bonchev–Trinajstić information content (AvgIpc) is 3.13. The van der Waals surface area contributed by atoms with Crippen LogP contribution in [0.1, 0.15) is 30.4 Å². The van der Waals surface area contributed by atoms with Crippen LogP contribution < -0.4 is 10.2 Å². The third kappa shape index (κ3) is 2.84. The maximum absolute atomic E-state index is 13.2. The van der Waals surface area contributed by atoms with Gasteiger partial charge in [-0.3, -0.25) is 4.79 Å². The Morgan fingerprint density at radius 2 is 2.23 bits per heavy atom. The lowest BCUT2D eigenvalue weighted by atomic mass is 9.87. The standard InChI is InChI=1S/C18H20ClN3O4/c1-11-14(6-5-12(8-20)15(11)19)22-16(23)18(21-17(22)24)7-3-4-13(18)9-26-10-25-2/h5-6,13H,3-4,7,9-10H2,1-2H3,(H,21,24)/t13-,18+/m1/s1. The first-order valence-corrected chi connectivity index (χ1v) is 8.76. The summed E-state index contributed by atoms with van der Waals surface area (Å²) < 4.78 is 10.3. The van der Waals surface area contributed by atoms with E-state index in [-0.39, 0.29) is 23.6 Å². The Bertz CT molecular complexity index is 791. The summed E-state index contributed by atoms with van der Waals surface area (Å²) in [4.78, 5) is 27.0. The zero-order valence-electron chi connectivity index (χ0n) is 14.7. The molecule has 1 aromatic rings. The molecular formula is C18H20ClN3O4. The Morgan fingerprint density at radius 3 is 2.92 bits per heavy atom. The molecule has 2 aliphatic rings. The number of nitrogens with one attached hydrogen (secondary N) is 1. The zero-order chi connectivity index (χ0) is 18.9. The average molecular weight is 378 g/mol. The summed E-state index contributed by atoms with van der Waals surface area (Å²) in [7, 11) is 1.53. The minimum absolute atomic E-state index is 0.117. The lowest BCUT2D eigenvalue weighted by Gasteiger charge is -2.28. The predicted molar refractivity (Wildman–Crippen MR) is 94.8 cm³/mol. The molecule has 1 heterocycles. The molecule has 1 saturated carbocycles. The molecule has 1 aliphatic carbocycles. The fourth-order valence-corrected chi connectivity index (χ4v) is 4.04. The molecule has 7 nitrogen and oxygen atoms in total. The van der Waals surface area contributed by atoms with Gasteiger partial charge in [0, 0.05) is 13.0 Å². The molecule has 1 aliphatic heterocycles. The number of methoxy groups -OCH3 is 1. The minimum atomic E-state index is -0.961. The van der Waals surface area contributed by atoms with Crippen LogP contribution in [0.15, 0.2) is 12.1 Å². The van der Waals surface area contributed by atoms with Crippen molar-refractivity contribution in [3.8, 4) is 6.07 Å². The molecule has 2 atom stereocenters. The summed E-state index contributed by atoms with van der Waals surface area (Å²) >= 11 is 6.21. The van der Waals surface area contributed by atoms with Crippen molar-refractivity contribution in [2.45, 2.75) is 31.7 Å². The van der Waals surface area contributed by atoms with Crippen molar-refractivity contribution in [1.82, 2.24) is 5.32 Å². The Kier molecular flexibility index (Phi) is 5.19. The van der Waals surface area contributed by atoms with Crippen LogP contribution in [0.25, 0.3) is 0 Å². The number of anilines is 1. The van der Waals surface area contributed by atoms with Gasteiger partial charge in [0.1, 0.15) is 18.4 Å². The van der Waals surface area contributed by atoms with Gasteiger partial charge in [-0.1, -0.05) is 18.0 Å². The number of imide groups is 1. The lowest BCUT2D eigenvalue weighted by Crippen LogP contribution is -2.51. The second-order valence-corrected chi connectivity index (χ2v) is 6.97. The van der Waals surface area contributed by atoms with Crippen molar-refractivity contribution in [3.05, 3.63) is 28.3 Å². The summed E-state index contributed by atoms with van der Waals surface area (Å²) in [5.74, 6) is -0.414. The number of urea groups is 1. The maximum atomic E-state index is 13.2. The summed E-state index contributed by atoms with van der Waals surface area (Å²) in [6, 6.07) is 4.62. The van der Waals surface area contributed by atoms with Crippen LogP contribution >= 0.6 is 11.6 Å². The van der Waals surface area contributed by atoms with E-state index in [9.17, 15) is 9.59 Å². The fraction of sp³-hybridized carbons (Fsp3) is 0.500. The molecule has 2 fully saturated rings. The number of nitrogens with zero attached hydrogens (tertiary/aromatic N) is 2. The van der Waals surface area contributed by atoms with E-state index in [2.05, 4.69) is 5.32 Å². The first-order chi connectivity index (χ1) is 12.5. The molecule has 0 radical (unpaired) electrons. The zero-order valence-corrected chi connectivity index (χ0v) is 15.4. The first-order valence-electron chi connectivity index (χ1n) is 8.39. The number of halogens is 1. The van der Waals surface area contributed by atoms with Gasteiger partial charge < -0.3 is 14.8 Å². The van der Waals surface area contributed by atoms with Crippen LogP contribution in [-0.2, 0) is 14.3 Å². The van der Waals surface area contributed by atoms with E-state index >= 15 is 0 Å². The molecule has 0 bridgehead atoms. The molecule has 0 aromatic heterocycles. The van der Waals surface area contributed by atoms with Crippen molar-refractivity contribution in [1.29, 1.82) is 5.26 Å². The van der Waals surface area contributed by atoms with Gasteiger partial charge >= 0.3 is 6.03 Å². The van der Waals surface area contributed by atoms with Gasteiger partial charge in [-0.2, -0.15) is 5.26 Å². The number of carbonyl (C=O) groups is 2. The predicted octanol–water partition coefficient (Wildman–Crippen LogP) is 2.74. The third-order valence-electron chi connectivity index (χ3n) is 5.18. The molecule has 1 saturated heterocycles. The van der Waals surface area contributed by atoms with E-state index in [1.807, 2.05) is 6.07 Å². The molecule has 3 amide bonds. The number of rotatable bonds is 5. The van der Waals surface area contributed by atoms with E-state index in [1.165, 1.54) is 13.2 Å². The van der Waals surface area contributed by atoms with Gasteiger partial charge in [0.25, 0.3) is 5.91 Å². The first kappa shape index (κ1) is 18.6. The molecule has 3 rings (SSSR count). The molecule has 8 heteroatoms. The highest BCUT2D eigenvalue weighted by molar-refractivity contribution is 6.33. The van der Waals surface area contributed by atoms with Crippen molar-refractivity contribution < 1.29 is 19.1 Å². The number of benzene rings is 1. The highest BCUT2D eigenvalue weighted by atomic mass is 35.5. The number of hydrogen-bond donors (Lipinski definition) is 1. The van der Waals surface area contributed by atoms with Crippen LogP contribution in [0.2, 0.25) is 5.02 Å². The van der Waals surface area contributed by atoms with Crippen LogP contribution in [0.3, 0.4) is 0 Å². The summed E-state index contributed by atoms with van der Waals surface area (Å²) in [6.07, 6.45) is 2.18. The fourth-order valence-electron chi connectivity index (χ4n) is 3.84. The largest absolute Gasteiger partial charge is 0.359 e. The van der Waals surface area contributed by atoms with E-state index in [4.69, 9.17) is 26.3 Å². The normalized spacial score (nSPS) is 25.0. The number of carbonyl (C=O) groups excluding carboxylic acids is 2. The summed E-state index contributed by atoms with van der Waals surface area (Å²) in [5, 5.41) is 12.2. The van der Waals surface area contributed by atoms with Gasteiger partial charge in [-0.15, -0.1) is 0 Å². The molecule has 1 N–H and O–H groups in total. The molecule has 1 aromatic carbocycles. The Labute approximate surface area is 156 Å². The van der Waals surface area contributed by atoms with Crippen molar-refractivity contribution in [2.24, 2.45) is 5.92 Å². The molecule has 26 heavy (non-hydrogen) atoms. The van der Waals surface area contributed by atoms with Crippen LogP contribution in [0.4, 0.5) is 10.5 Å². The number of ether oxygens (including phenoxy) is 2. The number of hydrogen-bond acceptors (Lipinski definition) is 5. The van der Waals surface area contributed by atoms with Gasteiger partial charge in [0.15, 0.2) is 0 Å². The molecule has 0 unspecified atom stereocenters. The van der Waals surface area contributed by atoms with Gasteiger partial charge in [-0.05, 0) is 37.5 Å². The molecule has 1 spiro atoms. The lowest BCUT2D eigenvalue weighted by molar-refractivity contribution is -0.125. The van der Waals surface area contributed by atoms with Crippen molar-refractivity contribution in [2.75, 3.05) is 25.4 Å². The summed E-state index contributed by atoms with van der Waals surface area (Å²) in [6.45, 7) is 2.17. The van der Waals surface area contributed by atoms with Crippen LogP contribution in [-0.4, -0.2) is 38.0 Å². The second-order valence-electron chi connectivity index (χ2n) is 6.59. The Hall–Kier alpha value is -2.14. The third-order valence-corrected chi connectivity index (χ3v) is 5.66. The van der Waals surface area contributed by atoms with E-state index in [0.717, 1.165) is 17.7 Å². The number of amides is 3. The topological polar surface area (TPSA) is 91.7 Å². The molecule has 138 valence electrons. The minimum Gasteiger partial charge on any atom is -0.359 e. The molecular weight excluding hydrogens is 358 g/mol. The van der Waals surface area contributed by atoms with E-state index < -0.39 is 11.6 Å². The highest BCUT2D eigenvalue weighted by Gasteiger charge is 2.58. The van der Waals surface area contributed by atoms with Crippen LogP contribution in [0.5, 0.6) is 0 Å². The van der Waals surface area contributed by atoms with Gasteiger partial charge in [0.05, 0.1) is 22.9 Å².